The topological polar surface area (TPSA) is 337 Å². The second-order valence-electron chi connectivity index (χ2n) is 10.3. The lowest BCUT2D eigenvalue weighted by atomic mass is 9.97. The molecule has 20 heteroatoms. The third-order valence-corrected chi connectivity index (χ3v) is 7.30. The SMILES string of the molecule is CCC(C)C(NC(=O)C(CCSC)NC(=O)C(CO)NC(=O)CN)C(=O)NC(CC(N)=O)C(=O)NC(CCCN=C(N)N)C(=O)O. The first-order valence-electron chi connectivity index (χ1n) is 14.5. The number of guanidine groups is 1. The maximum Gasteiger partial charge on any atom is 0.326 e. The summed E-state index contributed by atoms with van der Waals surface area (Å²) in [5.41, 5.74) is 21.0. The van der Waals surface area contributed by atoms with Crippen LogP contribution in [0.25, 0.3) is 0 Å². The van der Waals surface area contributed by atoms with Gasteiger partial charge in [0, 0.05) is 6.54 Å². The molecular formula is C26H48N10O9S. The molecule has 0 saturated heterocycles. The Labute approximate surface area is 271 Å². The highest BCUT2D eigenvalue weighted by Crippen LogP contribution is 2.11. The maximum absolute atomic E-state index is 13.4. The smallest absolute Gasteiger partial charge is 0.326 e. The number of thioether (sulfide) groups is 1. The minimum Gasteiger partial charge on any atom is -0.480 e. The van der Waals surface area contributed by atoms with Crippen LogP contribution >= 0.6 is 11.8 Å². The molecule has 15 N–H and O–H groups in total. The fourth-order valence-corrected chi connectivity index (χ4v) is 4.36. The van der Waals surface area contributed by atoms with Crippen molar-refractivity contribution in [2.75, 3.05) is 31.7 Å². The molecule has 0 saturated carbocycles. The first kappa shape index (κ1) is 41.8. The van der Waals surface area contributed by atoms with Crippen LogP contribution < -0.4 is 49.5 Å². The molecule has 6 unspecified atom stereocenters. The first-order chi connectivity index (χ1) is 21.6. The van der Waals surface area contributed by atoms with Gasteiger partial charge in [-0.15, -0.1) is 0 Å². The normalized spacial score (nSPS) is 14.6. The van der Waals surface area contributed by atoms with Crippen LogP contribution in [0, 0.1) is 5.92 Å². The van der Waals surface area contributed by atoms with E-state index in [-0.39, 0.29) is 31.8 Å². The Hall–Kier alpha value is -4.17. The second-order valence-corrected chi connectivity index (χ2v) is 11.3. The van der Waals surface area contributed by atoms with Crippen molar-refractivity contribution < 1.29 is 43.8 Å². The van der Waals surface area contributed by atoms with E-state index in [0.29, 0.717) is 12.2 Å². The second kappa shape index (κ2) is 22.4. The molecule has 0 rings (SSSR count). The van der Waals surface area contributed by atoms with Crippen LogP contribution in [0.4, 0.5) is 0 Å². The van der Waals surface area contributed by atoms with Crippen molar-refractivity contribution in [3.63, 3.8) is 0 Å². The summed E-state index contributed by atoms with van der Waals surface area (Å²) in [6.45, 7) is 2.28. The number of rotatable bonds is 23. The lowest BCUT2D eigenvalue weighted by molar-refractivity contribution is -0.142. The van der Waals surface area contributed by atoms with E-state index in [1.807, 2.05) is 0 Å². The number of aliphatic carboxylic acids is 1. The summed E-state index contributed by atoms with van der Waals surface area (Å²) < 4.78 is 0. The number of nitrogens with two attached hydrogens (primary N) is 4. The highest BCUT2D eigenvalue weighted by atomic mass is 32.2. The number of carbonyl (C=O) groups excluding carboxylic acids is 6. The maximum atomic E-state index is 13.4. The zero-order chi connectivity index (χ0) is 35.4. The Bertz CT molecular complexity index is 1090. The molecule has 0 heterocycles. The average molecular weight is 677 g/mol. The van der Waals surface area contributed by atoms with Crippen molar-refractivity contribution >= 4 is 59.1 Å². The highest BCUT2D eigenvalue weighted by molar-refractivity contribution is 7.98. The van der Waals surface area contributed by atoms with Gasteiger partial charge in [-0.25, -0.2) is 4.79 Å². The van der Waals surface area contributed by atoms with Gasteiger partial charge in [0.15, 0.2) is 5.96 Å². The number of carbonyl (C=O) groups is 7. The molecule has 0 radical (unpaired) electrons. The van der Waals surface area contributed by atoms with Crippen LogP contribution in [0.3, 0.4) is 0 Å². The summed E-state index contributed by atoms with van der Waals surface area (Å²) in [4.78, 5) is 91.5. The Balaban J connectivity index is 5.94. The van der Waals surface area contributed by atoms with E-state index >= 15 is 0 Å². The predicted molar refractivity (Wildman–Crippen MR) is 170 cm³/mol. The number of nitrogens with zero attached hydrogens (tertiary/aromatic N) is 1. The van der Waals surface area contributed by atoms with Gasteiger partial charge in [0.25, 0.3) is 0 Å². The van der Waals surface area contributed by atoms with Gasteiger partial charge in [-0.3, -0.25) is 33.8 Å². The van der Waals surface area contributed by atoms with Crippen molar-refractivity contribution in [2.24, 2.45) is 33.8 Å². The van der Waals surface area contributed by atoms with Crippen molar-refractivity contribution in [2.45, 2.75) is 76.2 Å². The van der Waals surface area contributed by atoms with Crippen molar-refractivity contribution in [3.05, 3.63) is 0 Å². The first-order valence-corrected chi connectivity index (χ1v) is 15.9. The number of aliphatic hydroxyl groups excluding tert-OH is 1. The largest absolute Gasteiger partial charge is 0.480 e. The molecule has 0 aromatic rings. The van der Waals surface area contributed by atoms with Crippen molar-refractivity contribution in [1.82, 2.24) is 26.6 Å². The van der Waals surface area contributed by atoms with Crippen LogP contribution in [0.15, 0.2) is 4.99 Å². The number of hydrogen-bond donors (Lipinski definition) is 11. The monoisotopic (exact) mass is 676 g/mol. The molecule has 0 fully saturated rings. The molecule has 0 aromatic carbocycles. The zero-order valence-corrected chi connectivity index (χ0v) is 27.1. The van der Waals surface area contributed by atoms with Crippen molar-refractivity contribution in [1.29, 1.82) is 0 Å². The summed E-state index contributed by atoms with van der Waals surface area (Å²) in [5.74, 6) is -6.86. The molecule has 6 atom stereocenters. The Kier molecular flexibility index (Phi) is 20.3. The fourth-order valence-electron chi connectivity index (χ4n) is 3.89. The average Bonchev–Trinajstić information content (AvgIpc) is 3.00. The van der Waals surface area contributed by atoms with Gasteiger partial charge in [0.1, 0.15) is 30.2 Å². The number of aliphatic hydroxyl groups is 1. The van der Waals surface area contributed by atoms with E-state index in [1.165, 1.54) is 11.8 Å². The van der Waals surface area contributed by atoms with Crippen LogP contribution in [-0.2, 0) is 33.6 Å². The van der Waals surface area contributed by atoms with Gasteiger partial charge in [-0.2, -0.15) is 11.8 Å². The third-order valence-electron chi connectivity index (χ3n) is 6.65. The molecule has 46 heavy (non-hydrogen) atoms. The van der Waals surface area contributed by atoms with E-state index in [0.717, 1.165) is 0 Å². The minimum absolute atomic E-state index is 0.0726. The number of carboxylic acid groups (broad SMARTS) is 1. The standard InChI is InChI=1S/C26H48N10O9S/c1-4-13(2)20(36-21(40)14(7-9-46-3)33-23(42)17(12-37)32-19(39)11-27)24(43)35-16(10-18(28)38)22(41)34-15(25(44)45)6-5-8-31-26(29)30/h13-17,20,37H,4-12,27H2,1-3H3,(H2,28,38)(H,32,39)(H,33,42)(H,34,41)(H,35,43)(H,36,40)(H,44,45)(H4,29,30,31). The van der Waals surface area contributed by atoms with E-state index in [1.54, 1.807) is 20.1 Å². The number of nitrogens with one attached hydrogen (secondary N) is 5. The number of carboxylic acids is 1. The zero-order valence-electron chi connectivity index (χ0n) is 26.2. The lowest BCUT2D eigenvalue weighted by Crippen LogP contribution is -2.60. The van der Waals surface area contributed by atoms with E-state index in [4.69, 9.17) is 22.9 Å². The van der Waals surface area contributed by atoms with Crippen LogP contribution in [0.1, 0.15) is 46.0 Å². The van der Waals surface area contributed by atoms with Gasteiger partial charge in [0.2, 0.25) is 35.4 Å². The Morgan fingerprint density at radius 3 is 1.87 bits per heavy atom. The lowest BCUT2D eigenvalue weighted by Gasteiger charge is -2.29. The molecule has 6 amide bonds. The third kappa shape index (κ3) is 16.2. The number of amides is 6. The summed E-state index contributed by atoms with van der Waals surface area (Å²) in [7, 11) is 0. The predicted octanol–water partition coefficient (Wildman–Crippen LogP) is -4.83. The van der Waals surface area contributed by atoms with Crippen LogP contribution in [-0.4, -0.2) is 119 Å². The van der Waals surface area contributed by atoms with E-state index in [9.17, 15) is 43.8 Å². The Morgan fingerprint density at radius 1 is 0.804 bits per heavy atom. The molecular weight excluding hydrogens is 628 g/mol. The minimum atomic E-state index is -1.59. The van der Waals surface area contributed by atoms with Gasteiger partial charge in [-0.05, 0) is 37.2 Å². The molecule has 0 spiro atoms. The Morgan fingerprint density at radius 2 is 1.37 bits per heavy atom. The quantitative estimate of drug-likeness (QED) is 0.0275. The highest BCUT2D eigenvalue weighted by Gasteiger charge is 2.34. The molecule has 0 bridgehead atoms. The summed E-state index contributed by atoms with van der Waals surface area (Å²) in [6, 6.07) is -6.84. The van der Waals surface area contributed by atoms with Gasteiger partial charge < -0.3 is 59.7 Å². The summed E-state index contributed by atoms with van der Waals surface area (Å²) >= 11 is 1.38. The van der Waals surface area contributed by atoms with E-state index < -0.39 is 97.1 Å². The molecule has 19 nitrogen and oxygen atoms in total. The molecule has 0 aliphatic carbocycles. The van der Waals surface area contributed by atoms with E-state index in [2.05, 4.69) is 31.6 Å². The molecule has 0 aromatic heterocycles. The van der Waals surface area contributed by atoms with Gasteiger partial charge >= 0.3 is 5.97 Å². The summed E-state index contributed by atoms with van der Waals surface area (Å²) in [6.07, 6.45) is 1.70. The summed E-state index contributed by atoms with van der Waals surface area (Å²) in [5, 5.41) is 31.0. The number of aliphatic imine (C=N–C) groups is 1. The van der Waals surface area contributed by atoms with Crippen molar-refractivity contribution in [3.8, 4) is 0 Å². The molecule has 262 valence electrons. The van der Waals surface area contributed by atoms with Crippen LogP contribution in [0.5, 0.6) is 0 Å². The molecule has 0 aliphatic rings. The molecule has 0 aliphatic heterocycles. The van der Waals surface area contributed by atoms with Gasteiger partial charge in [-0.1, -0.05) is 20.3 Å². The number of hydrogen-bond acceptors (Lipinski definition) is 11. The number of primary amides is 1. The fraction of sp³-hybridized carbons (Fsp3) is 0.692. The van der Waals surface area contributed by atoms with Gasteiger partial charge in [0.05, 0.1) is 19.6 Å². The van der Waals surface area contributed by atoms with Crippen LogP contribution in [0.2, 0.25) is 0 Å².